The summed E-state index contributed by atoms with van der Waals surface area (Å²) in [6, 6.07) is 14.1. The third-order valence-electron chi connectivity index (χ3n) is 5.61. The lowest BCUT2D eigenvalue weighted by atomic mass is 9.87. The first kappa shape index (κ1) is 19.1. The Bertz CT molecular complexity index is 1020. The van der Waals surface area contributed by atoms with Crippen LogP contribution in [0.5, 0.6) is 0 Å². The average molecular weight is 397 g/mol. The van der Waals surface area contributed by atoms with Crippen molar-refractivity contribution < 1.29 is 18.0 Å². The van der Waals surface area contributed by atoms with E-state index in [4.69, 9.17) is 5.26 Å². The zero-order valence-electron chi connectivity index (χ0n) is 15.6. The number of carbonyl (C=O) groups excluding carboxylic acids is 1. The van der Waals surface area contributed by atoms with Crippen molar-refractivity contribution in [2.24, 2.45) is 0 Å². The second-order valence-corrected chi connectivity index (χ2v) is 7.26. The number of carbonyl (C=O) groups is 1. The van der Waals surface area contributed by atoms with E-state index >= 15 is 0 Å². The molecule has 0 aromatic heterocycles. The van der Waals surface area contributed by atoms with Gasteiger partial charge in [-0.05, 0) is 42.2 Å². The lowest BCUT2D eigenvalue weighted by Gasteiger charge is -2.30. The highest BCUT2D eigenvalue weighted by Gasteiger charge is 2.46. The minimum Gasteiger partial charge on any atom is -0.319 e. The van der Waals surface area contributed by atoms with Crippen molar-refractivity contribution in [3.8, 4) is 6.07 Å². The summed E-state index contributed by atoms with van der Waals surface area (Å²) in [5.41, 5.74) is 0.907. The number of amides is 2. The highest BCUT2D eigenvalue weighted by molar-refractivity contribution is 5.96. The van der Waals surface area contributed by atoms with Crippen LogP contribution >= 0.6 is 0 Å². The summed E-state index contributed by atoms with van der Waals surface area (Å²) in [6.07, 6.45) is -1.26. The second kappa shape index (κ2) is 6.96. The SMILES string of the molecule is CN1C(=O)N(c2ccc(C#N)c(C(F)(F)F)c2)[C@H]2CCC(c3ccccc3)=C[C@@H]21. The molecule has 2 atom stereocenters. The molecule has 0 saturated carbocycles. The van der Waals surface area contributed by atoms with Crippen molar-refractivity contribution in [2.75, 3.05) is 11.9 Å². The van der Waals surface area contributed by atoms with Gasteiger partial charge in [0, 0.05) is 12.7 Å². The van der Waals surface area contributed by atoms with Crippen molar-refractivity contribution in [2.45, 2.75) is 31.1 Å². The third kappa shape index (κ3) is 3.25. The number of hydrogen-bond donors (Lipinski definition) is 0. The summed E-state index contributed by atoms with van der Waals surface area (Å²) >= 11 is 0. The minimum atomic E-state index is -4.66. The van der Waals surface area contributed by atoms with E-state index < -0.39 is 17.3 Å². The van der Waals surface area contributed by atoms with E-state index in [1.807, 2.05) is 36.4 Å². The van der Waals surface area contributed by atoms with Gasteiger partial charge in [0.25, 0.3) is 0 Å². The van der Waals surface area contributed by atoms with E-state index in [0.29, 0.717) is 6.42 Å². The van der Waals surface area contributed by atoms with Gasteiger partial charge in [0.05, 0.1) is 29.3 Å². The van der Waals surface area contributed by atoms with Gasteiger partial charge in [-0.1, -0.05) is 36.4 Å². The molecule has 1 fully saturated rings. The second-order valence-electron chi connectivity index (χ2n) is 7.26. The number of benzene rings is 2. The van der Waals surface area contributed by atoms with Gasteiger partial charge >= 0.3 is 12.2 Å². The quantitative estimate of drug-likeness (QED) is 0.711. The molecule has 2 amide bonds. The zero-order chi connectivity index (χ0) is 20.8. The van der Waals surface area contributed by atoms with Crippen LogP contribution < -0.4 is 4.90 Å². The highest BCUT2D eigenvalue weighted by Crippen LogP contribution is 2.40. The Balaban J connectivity index is 1.72. The Morgan fingerprint density at radius 2 is 1.86 bits per heavy atom. The fraction of sp³-hybridized carbons (Fsp3) is 0.273. The molecule has 0 spiro atoms. The van der Waals surface area contributed by atoms with Crippen LogP contribution in [0.1, 0.15) is 29.5 Å². The van der Waals surface area contributed by atoms with Crippen LogP contribution in [0.2, 0.25) is 0 Å². The smallest absolute Gasteiger partial charge is 0.319 e. The Kier molecular flexibility index (Phi) is 4.58. The van der Waals surface area contributed by atoms with E-state index in [1.54, 1.807) is 18.0 Å². The monoisotopic (exact) mass is 397 g/mol. The number of nitriles is 1. The van der Waals surface area contributed by atoms with Crippen LogP contribution in [0.4, 0.5) is 23.7 Å². The number of likely N-dealkylation sites (N-methyl/N-ethyl adjacent to an activating group) is 1. The average Bonchev–Trinajstić information content (AvgIpc) is 2.97. The van der Waals surface area contributed by atoms with Crippen molar-refractivity contribution in [3.63, 3.8) is 0 Å². The summed E-state index contributed by atoms with van der Waals surface area (Å²) < 4.78 is 40.1. The van der Waals surface area contributed by atoms with Crippen LogP contribution in [0.25, 0.3) is 5.57 Å². The molecule has 2 aromatic carbocycles. The van der Waals surface area contributed by atoms with Crippen LogP contribution in [0.3, 0.4) is 0 Å². The molecule has 4 nitrogen and oxygen atoms in total. The van der Waals surface area contributed by atoms with Crippen molar-refractivity contribution >= 4 is 17.3 Å². The van der Waals surface area contributed by atoms with Crippen LogP contribution in [0, 0.1) is 11.3 Å². The normalized spacial score (nSPS) is 21.6. The molecular formula is C22H18F3N3O. The number of fused-ring (bicyclic) bond motifs is 1. The molecule has 1 aliphatic heterocycles. The summed E-state index contributed by atoms with van der Waals surface area (Å²) in [6.45, 7) is 0. The molecule has 1 heterocycles. The van der Waals surface area contributed by atoms with Crippen LogP contribution in [0.15, 0.2) is 54.6 Å². The van der Waals surface area contributed by atoms with Crippen LogP contribution in [-0.2, 0) is 6.18 Å². The molecule has 1 saturated heterocycles. The van der Waals surface area contributed by atoms with Gasteiger partial charge in [-0.2, -0.15) is 18.4 Å². The molecule has 2 aromatic rings. The molecule has 0 bridgehead atoms. The maximum atomic E-state index is 13.4. The number of anilines is 1. The van der Waals surface area contributed by atoms with Gasteiger partial charge in [-0.15, -0.1) is 0 Å². The number of nitrogens with zero attached hydrogens (tertiary/aromatic N) is 3. The van der Waals surface area contributed by atoms with Crippen molar-refractivity contribution in [3.05, 3.63) is 71.3 Å². The van der Waals surface area contributed by atoms with Gasteiger partial charge in [0.15, 0.2) is 0 Å². The fourth-order valence-corrected chi connectivity index (χ4v) is 4.17. The lowest BCUT2D eigenvalue weighted by Crippen LogP contribution is -2.38. The van der Waals surface area contributed by atoms with E-state index in [0.717, 1.165) is 29.7 Å². The largest absolute Gasteiger partial charge is 0.417 e. The van der Waals surface area contributed by atoms with E-state index in [2.05, 4.69) is 0 Å². The van der Waals surface area contributed by atoms with Gasteiger partial charge < -0.3 is 4.90 Å². The third-order valence-corrected chi connectivity index (χ3v) is 5.61. The first-order valence-corrected chi connectivity index (χ1v) is 9.24. The van der Waals surface area contributed by atoms with Gasteiger partial charge in [-0.25, -0.2) is 4.79 Å². The molecule has 0 N–H and O–H groups in total. The van der Waals surface area contributed by atoms with E-state index in [1.165, 1.54) is 11.0 Å². The molecule has 4 rings (SSSR count). The number of alkyl halides is 3. The molecule has 1 aliphatic carbocycles. The first-order valence-electron chi connectivity index (χ1n) is 9.24. The number of hydrogen-bond acceptors (Lipinski definition) is 2. The predicted octanol–water partition coefficient (Wildman–Crippen LogP) is 5.06. The topological polar surface area (TPSA) is 47.3 Å². The first-order chi connectivity index (χ1) is 13.8. The van der Waals surface area contributed by atoms with E-state index in [9.17, 15) is 18.0 Å². The van der Waals surface area contributed by atoms with Crippen molar-refractivity contribution in [1.29, 1.82) is 5.26 Å². The van der Waals surface area contributed by atoms with Crippen LogP contribution in [-0.4, -0.2) is 30.1 Å². The highest BCUT2D eigenvalue weighted by atomic mass is 19.4. The summed E-state index contributed by atoms with van der Waals surface area (Å²) in [5.74, 6) is 0. The Morgan fingerprint density at radius 1 is 1.14 bits per heavy atom. The fourth-order valence-electron chi connectivity index (χ4n) is 4.17. The molecule has 29 heavy (non-hydrogen) atoms. The molecule has 7 heteroatoms. The maximum absolute atomic E-state index is 13.4. The maximum Gasteiger partial charge on any atom is 0.417 e. The van der Waals surface area contributed by atoms with Gasteiger partial charge in [0.1, 0.15) is 0 Å². The standard InChI is InChI=1S/C22H18F3N3O/c1-27-20-11-15(14-5-3-2-4-6-14)8-10-19(20)28(21(27)29)17-9-7-16(13-26)18(12-17)22(23,24)25/h2-7,9,11-12,19-20H,8,10H2,1H3/t19-,20-/m0/s1. The summed E-state index contributed by atoms with van der Waals surface area (Å²) in [7, 11) is 1.67. The Morgan fingerprint density at radius 3 is 2.52 bits per heavy atom. The summed E-state index contributed by atoms with van der Waals surface area (Å²) in [4.78, 5) is 15.9. The number of allylic oxidation sites excluding steroid dienone is 1. The molecule has 0 radical (unpaired) electrons. The summed E-state index contributed by atoms with van der Waals surface area (Å²) in [5, 5.41) is 9.01. The Hall–Kier alpha value is -3.27. The molecule has 2 aliphatic rings. The number of halogens is 3. The minimum absolute atomic E-state index is 0.164. The molecule has 0 unspecified atom stereocenters. The predicted molar refractivity (Wildman–Crippen MR) is 103 cm³/mol. The lowest BCUT2D eigenvalue weighted by molar-refractivity contribution is -0.137. The molecular weight excluding hydrogens is 379 g/mol. The number of rotatable bonds is 2. The zero-order valence-corrected chi connectivity index (χ0v) is 15.6. The van der Waals surface area contributed by atoms with Crippen molar-refractivity contribution in [1.82, 2.24) is 4.90 Å². The van der Waals surface area contributed by atoms with Gasteiger partial charge in [-0.3, -0.25) is 4.90 Å². The Labute approximate surface area is 166 Å². The van der Waals surface area contributed by atoms with E-state index in [-0.39, 0.29) is 23.8 Å². The number of urea groups is 1. The molecule has 148 valence electrons. The van der Waals surface area contributed by atoms with Gasteiger partial charge in [0.2, 0.25) is 0 Å².